The van der Waals surface area contributed by atoms with Crippen LogP contribution in [0, 0.1) is 0 Å². The number of nitrogens with one attached hydrogen (secondary N) is 1. The van der Waals surface area contributed by atoms with Crippen LogP contribution in [0.5, 0.6) is 0 Å². The number of amides is 1. The minimum absolute atomic E-state index is 0. The second-order valence-corrected chi connectivity index (χ2v) is 3.64. The van der Waals surface area contributed by atoms with Crippen LogP contribution >= 0.6 is 12.4 Å². The molecule has 1 amide bonds. The highest BCUT2D eigenvalue weighted by Crippen LogP contribution is 2.07. The van der Waals surface area contributed by atoms with Gasteiger partial charge in [-0.05, 0) is 17.7 Å². The van der Waals surface area contributed by atoms with E-state index in [0.717, 1.165) is 5.82 Å². The molecule has 94 valence electrons. The van der Waals surface area contributed by atoms with Crippen molar-refractivity contribution in [2.75, 3.05) is 5.32 Å². The Morgan fingerprint density at radius 1 is 1.17 bits per heavy atom. The van der Waals surface area contributed by atoms with E-state index in [1.165, 1.54) is 11.8 Å². The maximum atomic E-state index is 10.9. The largest absolute Gasteiger partial charge is 0.366 e. The number of pyridine rings is 1. The van der Waals surface area contributed by atoms with Gasteiger partial charge in [0.25, 0.3) is 0 Å². The van der Waals surface area contributed by atoms with E-state index in [1.54, 1.807) is 12.1 Å². The first-order valence-electron chi connectivity index (χ1n) is 5.29. The molecular formula is C13H14ClN3O. The molecule has 0 aliphatic rings. The number of rotatable bonds is 4. The maximum Gasteiger partial charge on any atom is 0.250 e. The van der Waals surface area contributed by atoms with E-state index < -0.39 is 5.91 Å². The smallest absolute Gasteiger partial charge is 0.250 e. The average Bonchev–Trinajstić information content (AvgIpc) is 2.38. The standard InChI is InChI=1S/C13H13N3O.ClH/c14-13(17)11-6-7-12(16-9-11)15-8-10-4-2-1-3-5-10;/h1-7,9H,8H2,(H2,14,17)(H,15,16);1H. The van der Waals surface area contributed by atoms with E-state index in [-0.39, 0.29) is 12.4 Å². The quantitative estimate of drug-likeness (QED) is 0.889. The summed E-state index contributed by atoms with van der Waals surface area (Å²) in [6.07, 6.45) is 1.47. The number of halogens is 1. The molecule has 18 heavy (non-hydrogen) atoms. The summed E-state index contributed by atoms with van der Waals surface area (Å²) < 4.78 is 0. The molecule has 0 saturated carbocycles. The summed E-state index contributed by atoms with van der Waals surface area (Å²) in [6, 6.07) is 13.4. The van der Waals surface area contributed by atoms with Gasteiger partial charge in [-0.15, -0.1) is 12.4 Å². The van der Waals surface area contributed by atoms with Gasteiger partial charge in [0, 0.05) is 12.7 Å². The highest BCUT2D eigenvalue weighted by Gasteiger charge is 2.00. The van der Waals surface area contributed by atoms with Crippen LogP contribution in [0.25, 0.3) is 0 Å². The molecule has 2 rings (SSSR count). The molecule has 1 aromatic heterocycles. The van der Waals surface area contributed by atoms with Crippen molar-refractivity contribution in [1.82, 2.24) is 4.98 Å². The molecule has 0 fully saturated rings. The average molecular weight is 264 g/mol. The molecule has 5 heteroatoms. The second kappa shape index (κ2) is 6.61. The number of benzene rings is 1. The van der Waals surface area contributed by atoms with Gasteiger partial charge in [-0.2, -0.15) is 0 Å². The van der Waals surface area contributed by atoms with Gasteiger partial charge in [0.1, 0.15) is 5.82 Å². The number of carbonyl (C=O) groups excluding carboxylic acids is 1. The van der Waals surface area contributed by atoms with Gasteiger partial charge in [0.2, 0.25) is 5.91 Å². The Morgan fingerprint density at radius 3 is 2.44 bits per heavy atom. The monoisotopic (exact) mass is 263 g/mol. The topological polar surface area (TPSA) is 68.0 Å². The summed E-state index contributed by atoms with van der Waals surface area (Å²) >= 11 is 0. The third kappa shape index (κ3) is 3.75. The number of hydrogen-bond donors (Lipinski definition) is 2. The lowest BCUT2D eigenvalue weighted by Gasteiger charge is -2.05. The molecule has 1 heterocycles. The third-order valence-electron chi connectivity index (χ3n) is 2.36. The Bertz CT molecular complexity index is 499. The fourth-order valence-electron chi connectivity index (χ4n) is 1.43. The molecule has 4 nitrogen and oxygen atoms in total. The highest BCUT2D eigenvalue weighted by atomic mass is 35.5. The number of nitrogens with zero attached hydrogens (tertiary/aromatic N) is 1. The Hall–Kier alpha value is -2.07. The van der Waals surface area contributed by atoms with E-state index in [2.05, 4.69) is 10.3 Å². The predicted octanol–water partition coefficient (Wildman–Crippen LogP) is 2.21. The van der Waals surface area contributed by atoms with E-state index in [1.807, 2.05) is 30.3 Å². The van der Waals surface area contributed by atoms with Gasteiger partial charge in [-0.3, -0.25) is 4.79 Å². The number of nitrogens with two attached hydrogens (primary N) is 1. The van der Waals surface area contributed by atoms with E-state index in [0.29, 0.717) is 12.1 Å². The van der Waals surface area contributed by atoms with Crippen molar-refractivity contribution >= 4 is 24.1 Å². The first-order chi connectivity index (χ1) is 8.25. The van der Waals surface area contributed by atoms with Gasteiger partial charge in [0.05, 0.1) is 5.56 Å². The van der Waals surface area contributed by atoms with E-state index >= 15 is 0 Å². The van der Waals surface area contributed by atoms with Crippen LogP contribution in [0.3, 0.4) is 0 Å². The van der Waals surface area contributed by atoms with Gasteiger partial charge in [0.15, 0.2) is 0 Å². The van der Waals surface area contributed by atoms with Crippen molar-refractivity contribution in [2.45, 2.75) is 6.54 Å². The first kappa shape index (κ1) is 14.0. The molecule has 0 aliphatic carbocycles. The van der Waals surface area contributed by atoms with Crippen LogP contribution in [0.4, 0.5) is 5.82 Å². The Balaban J connectivity index is 0.00000162. The minimum Gasteiger partial charge on any atom is -0.366 e. The Labute approximate surface area is 112 Å². The molecule has 0 spiro atoms. The fraction of sp³-hybridized carbons (Fsp3) is 0.0769. The van der Waals surface area contributed by atoms with Crippen LogP contribution in [-0.2, 0) is 6.54 Å². The molecule has 0 saturated heterocycles. The van der Waals surface area contributed by atoms with Gasteiger partial charge in [-0.1, -0.05) is 30.3 Å². The Morgan fingerprint density at radius 2 is 1.89 bits per heavy atom. The molecule has 0 bridgehead atoms. The summed E-state index contributed by atoms with van der Waals surface area (Å²) in [4.78, 5) is 15.0. The zero-order chi connectivity index (χ0) is 12.1. The molecule has 0 unspecified atom stereocenters. The van der Waals surface area contributed by atoms with Crippen molar-refractivity contribution in [2.24, 2.45) is 5.73 Å². The van der Waals surface area contributed by atoms with Gasteiger partial charge >= 0.3 is 0 Å². The molecule has 0 atom stereocenters. The summed E-state index contributed by atoms with van der Waals surface area (Å²) in [6.45, 7) is 0.698. The van der Waals surface area contributed by atoms with E-state index in [9.17, 15) is 4.79 Å². The number of aromatic nitrogens is 1. The van der Waals surface area contributed by atoms with Crippen LogP contribution in [0.15, 0.2) is 48.7 Å². The van der Waals surface area contributed by atoms with E-state index in [4.69, 9.17) is 5.73 Å². The van der Waals surface area contributed by atoms with Crippen molar-refractivity contribution in [3.8, 4) is 0 Å². The predicted molar refractivity (Wildman–Crippen MR) is 73.8 cm³/mol. The summed E-state index contributed by atoms with van der Waals surface area (Å²) in [5.74, 6) is 0.256. The molecule has 0 radical (unpaired) electrons. The third-order valence-corrected chi connectivity index (χ3v) is 2.36. The van der Waals surface area contributed by atoms with Crippen molar-refractivity contribution in [1.29, 1.82) is 0 Å². The fourth-order valence-corrected chi connectivity index (χ4v) is 1.43. The number of hydrogen-bond acceptors (Lipinski definition) is 3. The molecule has 0 aliphatic heterocycles. The number of carbonyl (C=O) groups is 1. The molecule has 2 aromatic rings. The molecule has 3 N–H and O–H groups in total. The van der Waals surface area contributed by atoms with Crippen LogP contribution < -0.4 is 11.1 Å². The lowest BCUT2D eigenvalue weighted by molar-refractivity contribution is 0.1000. The number of primary amides is 1. The first-order valence-corrected chi connectivity index (χ1v) is 5.29. The highest BCUT2D eigenvalue weighted by molar-refractivity contribution is 5.92. The van der Waals surface area contributed by atoms with Crippen molar-refractivity contribution < 1.29 is 4.79 Å². The number of anilines is 1. The minimum atomic E-state index is -0.466. The maximum absolute atomic E-state index is 10.9. The summed E-state index contributed by atoms with van der Waals surface area (Å²) in [5.41, 5.74) is 6.72. The molecular weight excluding hydrogens is 250 g/mol. The van der Waals surface area contributed by atoms with Gasteiger partial charge in [-0.25, -0.2) is 4.98 Å². The van der Waals surface area contributed by atoms with Crippen molar-refractivity contribution in [3.05, 3.63) is 59.8 Å². The summed E-state index contributed by atoms with van der Waals surface area (Å²) in [7, 11) is 0. The Kier molecular flexibility index (Phi) is 5.14. The van der Waals surface area contributed by atoms with Crippen molar-refractivity contribution in [3.63, 3.8) is 0 Å². The zero-order valence-electron chi connectivity index (χ0n) is 9.67. The second-order valence-electron chi connectivity index (χ2n) is 3.64. The lowest BCUT2D eigenvalue weighted by atomic mass is 10.2. The van der Waals surface area contributed by atoms with Gasteiger partial charge < -0.3 is 11.1 Å². The van der Waals surface area contributed by atoms with Crippen LogP contribution in [0.1, 0.15) is 15.9 Å². The van der Waals surface area contributed by atoms with Crippen LogP contribution in [0.2, 0.25) is 0 Å². The summed E-state index contributed by atoms with van der Waals surface area (Å²) in [5, 5.41) is 3.16. The van der Waals surface area contributed by atoms with Crippen LogP contribution in [-0.4, -0.2) is 10.9 Å². The molecule has 1 aromatic carbocycles. The zero-order valence-corrected chi connectivity index (χ0v) is 10.5. The normalized spacial score (nSPS) is 9.33. The SMILES string of the molecule is Cl.NC(=O)c1ccc(NCc2ccccc2)nc1. The lowest BCUT2D eigenvalue weighted by Crippen LogP contribution is -2.11.